The first-order valence-electron chi connectivity index (χ1n) is 11.5. The largest absolute Gasteiger partial charge is 0.524 e. The van der Waals surface area contributed by atoms with E-state index in [9.17, 15) is 9.36 Å². The summed E-state index contributed by atoms with van der Waals surface area (Å²) in [5, 5.41) is 6.20. The molecule has 0 aliphatic carbocycles. The van der Waals surface area contributed by atoms with Crippen molar-refractivity contribution in [3.8, 4) is 22.8 Å². The molecule has 2 heterocycles. The van der Waals surface area contributed by atoms with Gasteiger partial charge < -0.3 is 19.9 Å². The van der Waals surface area contributed by atoms with Crippen LogP contribution in [0.4, 0.5) is 11.5 Å². The van der Waals surface area contributed by atoms with E-state index in [1.165, 1.54) is 19.4 Å². The van der Waals surface area contributed by atoms with Crippen LogP contribution < -0.4 is 19.9 Å². The average Bonchev–Trinajstić information content (AvgIpc) is 2.88. The summed E-state index contributed by atoms with van der Waals surface area (Å²) in [4.78, 5) is 43.7. The molecule has 0 radical (unpaired) electrons. The third-order valence-electron chi connectivity index (χ3n) is 5.46. The van der Waals surface area contributed by atoms with E-state index in [0.717, 1.165) is 11.1 Å². The molecule has 0 aliphatic heterocycles. The number of anilines is 2. The summed E-state index contributed by atoms with van der Waals surface area (Å²) >= 11 is 0. The van der Waals surface area contributed by atoms with Crippen LogP contribution in [0.15, 0.2) is 73.3 Å². The van der Waals surface area contributed by atoms with Crippen molar-refractivity contribution < 1.29 is 28.4 Å². The van der Waals surface area contributed by atoms with Crippen molar-refractivity contribution in [1.29, 1.82) is 0 Å². The minimum absolute atomic E-state index is 0.0916. The molecule has 2 aromatic carbocycles. The third kappa shape index (κ3) is 6.92. The minimum Gasteiger partial charge on any atom is -0.493 e. The van der Waals surface area contributed by atoms with Gasteiger partial charge in [-0.2, -0.15) is 0 Å². The molecular weight excluding hydrogens is 509 g/mol. The SMILES string of the molecule is COc1cc(-c2cncc(N[C@@H](C)c3cccc(NC(=O)c4cncc(C)c4)c3)n2)ccc1OP(=O)(O)O. The van der Waals surface area contributed by atoms with Gasteiger partial charge in [0.2, 0.25) is 0 Å². The molecule has 1 atom stereocenters. The highest BCUT2D eigenvalue weighted by Crippen LogP contribution is 2.43. The van der Waals surface area contributed by atoms with E-state index in [1.807, 2.05) is 38.1 Å². The van der Waals surface area contributed by atoms with Gasteiger partial charge in [-0.3, -0.25) is 24.5 Å². The lowest BCUT2D eigenvalue weighted by atomic mass is 10.1. The minimum atomic E-state index is -4.74. The maximum atomic E-state index is 12.6. The van der Waals surface area contributed by atoms with Crippen molar-refractivity contribution in [3.05, 3.63) is 90.0 Å². The van der Waals surface area contributed by atoms with Crippen molar-refractivity contribution in [3.63, 3.8) is 0 Å². The Morgan fingerprint density at radius 1 is 1.00 bits per heavy atom. The van der Waals surface area contributed by atoms with E-state index < -0.39 is 7.82 Å². The molecule has 0 saturated heterocycles. The van der Waals surface area contributed by atoms with Gasteiger partial charge in [0.25, 0.3) is 5.91 Å². The molecule has 2 aromatic heterocycles. The zero-order valence-electron chi connectivity index (χ0n) is 20.8. The number of phosphoric ester groups is 1. The van der Waals surface area contributed by atoms with Gasteiger partial charge in [0.05, 0.1) is 36.8 Å². The van der Waals surface area contributed by atoms with Crippen molar-refractivity contribution >= 4 is 25.2 Å². The van der Waals surface area contributed by atoms with Crippen LogP contribution in [-0.4, -0.2) is 37.8 Å². The van der Waals surface area contributed by atoms with Crippen molar-refractivity contribution in [1.82, 2.24) is 15.0 Å². The van der Waals surface area contributed by atoms with Gasteiger partial charge in [0.1, 0.15) is 5.82 Å². The van der Waals surface area contributed by atoms with Crippen LogP contribution in [0.25, 0.3) is 11.3 Å². The number of pyridine rings is 1. The van der Waals surface area contributed by atoms with Crippen LogP contribution >= 0.6 is 7.82 Å². The summed E-state index contributed by atoms with van der Waals surface area (Å²) in [5.74, 6) is 0.306. The highest BCUT2D eigenvalue weighted by atomic mass is 31.2. The first kappa shape index (κ1) is 26.7. The quantitative estimate of drug-likeness (QED) is 0.221. The molecule has 12 heteroatoms. The van der Waals surface area contributed by atoms with Crippen molar-refractivity contribution in [2.75, 3.05) is 17.7 Å². The van der Waals surface area contributed by atoms with Gasteiger partial charge in [-0.25, -0.2) is 9.55 Å². The van der Waals surface area contributed by atoms with Crippen LogP contribution in [0, 0.1) is 6.92 Å². The maximum Gasteiger partial charge on any atom is 0.524 e. The number of carbonyl (C=O) groups excluding carboxylic acids is 1. The van der Waals surface area contributed by atoms with E-state index in [1.54, 1.807) is 36.8 Å². The number of carbonyl (C=O) groups is 1. The number of aryl methyl sites for hydroxylation is 1. The molecule has 1 amide bonds. The number of rotatable bonds is 9. The number of amides is 1. The lowest BCUT2D eigenvalue weighted by Gasteiger charge is -2.17. The molecular formula is C26H26N5O6P. The molecule has 4 N–H and O–H groups in total. The Kier molecular flexibility index (Phi) is 8.02. The molecule has 38 heavy (non-hydrogen) atoms. The summed E-state index contributed by atoms with van der Waals surface area (Å²) in [6, 6.07) is 13.6. The molecule has 0 saturated carbocycles. The fourth-order valence-corrected chi connectivity index (χ4v) is 4.09. The summed E-state index contributed by atoms with van der Waals surface area (Å²) < 4.78 is 21.1. The summed E-state index contributed by atoms with van der Waals surface area (Å²) in [6.45, 7) is 3.83. The Morgan fingerprint density at radius 2 is 1.79 bits per heavy atom. The number of methoxy groups -OCH3 is 1. The normalized spacial score (nSPS) is 11.9. The Hall–Kier alpha value is -4.31. The highest BCUT2D eigenvalue weighted by molar-refractivity contribution is 7.46. The molecule has 11 nitrogen and oxygen atoms in total. The monoisotopic (exact) mass is 535 g/mol. The fourth-order valence-electron chi connectivity index (χ4n) is 3.68. The Morgan fingerprint density at radius 3 is 2.53 bits per heavy atom. The number of nitrogens with one attached hydrogen (secondary N) is 2. The second kappa shape index (κ2) is 11.4. The topological polar surface area (TPSA) is 156 Å². The first-order valence-corrected chi connectivity index (χ1v) is 13.0. The summed E-state index contributed by atoms with van der Waals surface area (Å²) in [7, 11) is -3.37. The second-order valence-electron chi connectivity index (χ2n) is 8.43. The second-order valence-corrected chi connectivity index (χ2v) is 9.60. The van der Waals surface area contributed by atoms with Gasteiger partial charge in [0.15, 0.2) is 11.5 Å². The molecule has 196 valence electrons. The van der Waals surface area contributed by atoms with E-state index in [0.29, 0.717) is 28.3 Å². The highest BCUT2D eigenvalue weighted by Gasteiger charge is 2.20. The summed E-state index contributed by atoms with van der Waals surface area (Å²) in [5.41, 5.74) is 4.06. The number of aromatic nitrogens is 3. The summed E-state index contributed by atoms with van der Waals surface area (Å²) in [6.07, 6.45) is 6.36. The molecule has 4 rings (SSSR count). The first-order chi connectivity index (χ1) is 18.1. The van der Waals surface area contributed by atoms with Crippen LogP contribution in [0.5, 0.6) is 11.5 Å². The van der Waals surface area contributed by atoms with E-state index in [4.69, 9.17) is 14.5 Å². The number of benzene rings is 2. The maximum absolute atomic E-state index is 12.6. The van der Waals surface area contributed by atoms with Gasteiger partial charge in [-0.05, 0) is 61.4 Å². The Bertz CT molecular complexity index is 1510. The smallest absolute Gasteiger partial charge is 0.493 e. The third-order valence-corrected chi connectivity index (χ3v) is 5.89. The standard InChI is InChI=1S/C26H26N5O6P/c1-16-9-20(13-27-12-16)26(32)30-21-6-4-5-18(10-21)17(2)29-25-15-28-14-22(31-25)19-7-8-23(24(11-19)36-3)37-38(33,34)35/h4-15,17H,1-3H3,(H,29,31)(H,30,32)(H2,33,34,35)/t17-/m0/s1. The van der Waals surface area contributed by atoms with Gasteiger partial charge in [-0.1, -0.05) is 12.1 Å². The molecule has 0 aliphatic rings. The number of ether oxygens (including phenoxy) is 1. The van der Waals surface area contributed by atoms with Gasteiger partial charge >= 0.3 is 7.82 Å². The predicted molar refractivity (Wildman–Crippen MR) is 142 cm³/mol. The van der Waals surface area contributed by atoms with Crippen molar-refractivity contribution in [2.45, 2.75) is 19.9 Å². The Balaban J connectivity index is 1.49. The predicted octanol–water partition coefficient (Wildman–Crippen LogP) is 4.75. The van der Waals surface area contributed by atoms with Gasteiger partial charge in [0, 0.05) is 23.6 Å². The molecule has 0 spiro atoms. The van der Waals surface area contributed by atoms with Gasteiger partial charge in [-0.15, -0.1) is 0 Å². The van der Waals surface area contributed by atoms with E-state index >= 15 is 0 Å². The lowest BCUT2D eigenvalue weighted by Crippen LogP contribution is -2.13. The molecule has 0 unspecified atom stereocenters. The van der Waals surface area contributed by atoms with Crippen LogP contribution in [0.1, 0.15) is 34.5 Å². The van der Waals surface area contributed by atoms with Crippen LogP contribution in [0.2, 0.25) is 0 Å². The van der Waals surface area contributed by atoms with E-state index in [2.05, 4.69) is 30.1 Å². The average molecular weight is 535 g/mol. The zero-order chi connectivity index (χ0) is 27.3. The van der Waals surface area contributed by atoms with Crippen LogP contribution in [-0.2, 0) is 4.57 Å². The lowest BCUT2D eigenvalue weighted by molar-refractivity contribution is 0.102. The Labute approximate surface area is 219 Å². The van der Waals surface area contributed by atoms with Crippen LogP contribution in [0.3, 0.4) is 0 Å². The number of hydrogen-bond donors (Lipinski definition) is 4. The zero-order valence-corrected chi connectivity index (χ0v) is 21.7. The number of hydrogen-bond acceptors (Lipinski definition) is 8. The van der Waals surface area contributed by atoms with Crippen molar-refractivity contribution in [2.24, 2.45) is 0 Å². The number of phosphoric acid groups is 1. The molecule has 0 fully saturated rings. The fraction of sp³-hybridized carbons (Fsp3) is 0.154. The van der Waals surface area contributed by atoms with E-state index in [-0.39, 0.29) is 23.4 Å². The molecule has 0 bridgehead atoms. The number of nitrogens with zero attached hydrogens (tertiary/aromatic N) is 3. The molecule has 4 aromatic rings.